The maximum absolute atomic E-state index is 8.55. The first-order valence-electron chi connectivity index (χ1n) is 11.2. The number of benzene rings is 3. The molecule has 0 saturated heterocycles. The molecular weight excluding hydrogens is 438 g/mol. The van der Waals surface area contributed by atoms with E-state index in [9.17, 15) is 0 Å². The van der Waals surface area contributed by atoms with E-state index in [1.54, 1.807) is 15.9 Å². The van der Waals surface area contributed by atoms with Gasteiger partial charge in [-0.1, -0.05) is 73.9 Å². The van der Waals surface area contributed by atoms with Crippen molar-refractivity contribution in [2.75, 3.05) is 0 Å². The van der Waals surface area contributed by atoms with Crippen molar-refractivity contribution >= 4 is 31.0 Å². The van der Waals surface area contributed by atoms with Gasteiger partial charge in [0.25, 0.3) is 0 Å². The monoisotopic (exact) mass is 468 g/mol. The predicted octanol–water partition coefficient (Wildman–Crippen LogP) is 3.27. The Kier molecular flexibility index (Phi) is 9.22. The first kappa shape index (κ1) is 24.8. The third-order valence-electron chi connectivity index (χ3n) is 6.11. The molecule has 0 aliphatic heterocycles. The van der Waals surface area contributed by atoms with Crippen LogP contribution in [0.5, 0.6) is 0 Å². The highest BCUT2D eigenvalue weighted by atomic mass is 31.2. The molecule has 6 heteroatoms. The molecule has 170 valence electrons. The lowest BCUT2D eigenvalue weighted by atomic mass is 10.0. The van der Waals surface area contributed by atoms with Crippen LogP contribution in [-0.2, 0) is 4.57 Å². The molecule has 0 heterocycles. The summed E-state index contributed by atoms with van der Waals surface area (Å²) in [5.41, 5.74) is 0.741. The molecule has 0 amide bonds. The number of rotatable bonds is 4. The summed E-state index contributed by atoms with van der Waals surface area (Å²) in [6, 6.07) is 34.3. The van der Waals surface area contributed by atoms with Gasteiger partial charge in [0.2, 0.25) is 0 Å². The minimum absolute atomic E-state index is 0.741. The van der Waals surface area contributed by atoms with Crippen LogP contribution in [0.2, 0.25) is 0 Å². The molecule has 0 atom stereocenters. The summed E-state index contributed by atoms with van der Waals surface area (Å²) in [6.45, 7) is 0. The van der Waals surface area contributed by atoms with E-state index < -0.39 is 15.1 Å². The summed E-state index contributed by atoms with van der Waals surface area (Å²) in [5, 5.41) is 4.65. The summed E-state index contributed by atoms with van der Waals surface area (Å²) in [5.74, 6) is 0. The zero-order valence-electron chi connectivity index (χ0n) is 18.2. The fourth-order valence-electron chi connectivity index (χ4n) is 4.89. The normalized spacial score (nSPS) is 15.7. The van der Waals surface area contributed by atoms with Crippen LogP contribution in [-0.4, -0.2) is 5.66 Å². The molecule has 4 rings (SSSR count). The van der Waals surface area contributed by atoms with Crippen LogP contribution < -0.4 is 30.6 Å². The Morgan fingerprint density at radius 2 is 0.844 bits per heavy atom. The maximum Gasteiger partial charge on any atom is 0.115 e. The minimum atomic E-state index is -5.39. The maximum atomic E-state index is 8.55. The first-order chi connectivity index (χ1) is 15.4. The average molecular weight is 468 g/mol. The Hall–Kier alpha value is -1.80. The fourth-order valence-corrected chi connectivity index (χ4v) is 10.1. The molecule has 3 aromatic rings. The molecule has 0 bridgehead atoms. The third-order valence-corrected chi connectivity index (χ3v) is 11.1. The van der Waals surface area contributed by atoms with Gasteiger partial charge < -0.3 is 19.2 Å². The molecule has 0 spiro atoms. The van der Waals surface area contributed by atoms with Crippen LogP contribution in [0.25, 0.3) is 0 Å². The van der Waals surface area contributed by atoms with Gasteiger partial charge in [-0.05, 0) is 62.1 Å². The number of hydrogen-bond donors (Lipinski definition) is 0. The van der Waals surface area contributed by atoms with Crippen molar-refractivity contribution in [2.45, 2.75) is 50.6 Å². The minimum Gasteiger partial charge on any atom is -0.822 e. The van der Waals surface area contributed by atoms with Gasteiger partial charge in [0.05, 0.1) is 5.66 Å². The molecule has 1 aliphatic rings. The lowest BCUT2D eigenvalue weighted by Gasteiger charge is -2.36. The highest BCUT2D eigenvalue weighted by Crippen LogP contribution is 2.62. The zero-order chi connectivity index (χ0) is 22.9. The second-order valence-corrected chi connectivity index (χ2v) is 12.8. The van der Waals surface area contributed by atoms with Gasteiger partial charge in [-0.15, -0.1) is 0 Å². The molecule has 0 N–H and O–H groups in total. The van der Waals surface area contributed by atoms with E-state index in [0.717, 1.165) is 5.66 Å². The number of phosphoric acid groups is 1. The molecule has 1 aliphatic carbocycles. The van der Waals surface area contributed by atoms with Gasteiger partial charge in [-0.3, -0.25) is 0 Å². The quantitative estimate of drug-likeness (QED) is 0.550. The van der Waals surface area contributed by atoms with Crippen LogP contribution in [0.4, 0.5) is 0 Å². The largest absolute Gasteiger partial charge is 0.822 e. The Bertz CT molecular complexity index is 862. The van der Waals surface area contributed by atoms with Gasteiger partial charge in [0.1, 0.15) is 23.2 Å². The van der Waals surface area contributed by atoms with E-state index >= 15 is 0 Å². The van der Waals surface area contributed by atoms with Crippen LogP contribution in [0.1, 0.15) is 44.9 Å². The van der Waals surface area contributed by atoms with Crippen LogP contribution in [0.15, 0.2) is 91.0 Å². The fraction of sp³-hybridized carbons (Fsp3) is 0.308. The van der Waals surface area contributed by atoms with Gasteiger partial charge in [-0.2, -0.15) is 7.82 Å². The summed E-state index contributed by atoms with van der Waals surface area (Å²) in [7, 11) is -7.06. The summed E-state index contributed by atoms with van der Waals surface area (Å²) in [4.78, 5) is 25.6. The molecule has 1 fully saturated rings. The van der Waals surface area contributed by atoms with Gasteiger partial charge in [-0.25, -0.2) is 0 Å². The Morgan fingerprint density at radius 1 is 0.562 bits per heavy atom. The lowest BCUT2D eigenvalue weighted by molar-refractivity contribution is -0.432. The van der Waals surface area contributed by atoms with Crippen LogP contribution in [0.3, 0.4) is 0 Å². The van der Waals surface area contributed by atoms with Crippen molar-refractivity contribution in [3.05, 3.63) is 91.0 Å². The smallest absolute Gasteiger partial charge is 0.115 e. The first-order valence-corrected chi connectivity index (χ1v) is 14.5. The molecule has 0 unspecified atom stereocenters. The van der Waals surface area contributed by atoms with Gasteiger partial charge in [0.15, 0.2) is 0 Å². The third kappa shape index (κ3) is 6.61. The topological polar surface area (TPSA) is 86.2 Å². The van der Waals surface area contributed by atoms with Crippen molar-refractivity contribution in [3.63, 3.8) is 0 Å². The highest BCUT2D eigenvalue weighted by molar-refractivity contribution is 7.96. The van der Waals surface area contributed by atoms with Gasteiger partial charge >= 0.3 is 0 Å². The standard InChI is InChI=1S/C26H30P.H3O4P/c1-2-7-15-23(16-8-3-1)27(24-17-9-4-10-18-24,25-19-11-5-12-20-25)26-21-13-6-14-22-26;1-5(2,3)4/h4-6,9-14,17-23H,1-3,7-8,15-16H2;(H3,1,2,3,4)/q+1;/p-3. The summed E-state index contributed by atoms with van der Waals surface area (Å²) >= 11 is 0. The highest BCUT2D eigenvalue weighted by Gasteiger charge is 2.51. The van der Waals surface area contributed by atoms with E-state index in [1.165, 1.54) is 44.9 Å². The van der Waals surface area contributed by atoms with E-state index in [0.29, 0.717) is 0 Å². The van der Waals surface area contributed by atoms with E-state index in [-0.39, 0.29) is 0 Å². The Balaban J connectivity index is 0.000000523. The molecule has 0 radical (unpaired) electrons. The van der Waals surface area contributed by atoms with Crippen molar-refractivity contribution < 1.29 is 19.2 Å². The van der Waals surface area contributed by atoms with E-state index in [1.807, 2.05) is 0 Å². The molecular formula is C26H30O4P2-2. The lowest BCUT2D eigenvalue weighted by Crippen LogP contribution is -2.39. The molecule has 32 heavy (non-hydrogen) atoms. The summed E-state index contributed by atoms with van der Waals surface area (Å²) in [6.07, 6.45) is 9.67. The SMILES string of the molecule is O=P([O-])([O-])[O-].c1ccc([P+](c2ccccc2)(c2ccccc2)C2CCCCCCC2)cc1. The average Bonchev–Trinajstić information content (AvgIpc) is 2.76. The Labute approximate surface area is 191 Å². The second-order valence-electron chi connectivity index (χ2n) is 8.18. The summed E-state index contributed by atoms with van der Waals surface area (Å²) < 4.78 is 8.55. The van der Waals surface area contributed by atoms with E-state index in [4.69, 9.17) is 19.2 Å². The van der Waals surface area contributed by atoms with Crippen LogP contribution in [0, 0.1) is 0 Å². The van der Waals surface area contributed by atoms with Crippen molar-refractivity contribution in [3.8, 4) is 0 Å². The molecule has 1 saturated carbocycles. The molecule has 0 aromatic heterocycles. The van der Waals surface area contributed by atoms with E-state index in [2.05, 4.69) is 91.0 Å². The predicted molar refractivity (Wildman–Crippen MR) is 129 cm³/mol. The van der Waals surface area contributed by atoms with Gasteiger partial charge in [0, 0.05) is 0 Å². The van der Waals surface area contributed by atoms with Crippen molar-refractivity contribution in [1.82, 2.24) is 0 Å². The Morgan fingerprint density at radius 3 is 1.16 bits per heavy atom. The van der Waals surface area contributed by atoms with Crippen molar-refractivity contribution in [2.24, 2.45) is 0 Å². The number of hydrogen-bond acceptors (Lipinski definition) is 4. The van der Waals surface area contributed by atoms with Crippen LogP contribution >= 0.6 is 15.1 Å². The van der Waals surface area contributed by atoms with Crippen molar-refractivity contribution in [1.29, 1.82) is 0 Å². The zero-order valence-corrected chi connectivity index (χ0v) is 20.0. The molecule has 4 nitrogen and oxygen atoms in total. The molecule has 3 aromatic carbocycles. The second kappa shape index (κ2) is 11.9.